The first-order valence-electron chi connectivity index (χ1n) is 7.72. The number of hydrogen-bond acceptors (Lipinski definition) is 4. The summed E-state index contributed by atoms with van der Waals surface area (Å²) in [5.41, 5.74) is 1.42. The predicted octanol–water partition coefficient (Wildman–Crippen LogP) is 4.21. The van der Waals surface area contributed by atoms with Crippen LogP contribution < -0.4 is 14.8 Å². The van der Waals surface area contributed by atoms with Crippen molar-refractivity contribution in [1.82, 2.24) is 5.32 Å². The van der Waals surface area contributed by atoms with Crippen molar-refractivity contribution in [3.05, 3.63) is 70.9 Å². The lowest BCUT2D eigenvalue weighted by atomic mass is 10.2. The molecular weight excluding hydrogens is 341 g/mol. The second kappa shape index (κ2) is 6.57. The van der Waals surface area contributed by atoms with Crippen molar-refractivity contribution in [2.24, 2.45) is 0 Å². The van der Waals surface area contributed by atoms with Gasteiger partial charge < -0.3 is 14.8 Å². The van der Waals surface area contributed by atoms with Crippen molar-refractivity contribution >= 4 is 17.2 Å². The molecule has 0 radical (unpaired) electrons. The van der Waals surface area contributed by atoms with Crippen LogP contribution in [0, 0.1) is 5.82 Å². The van der Waals surface area contributed by atoms with Crippen LogP contribution in [0.25, 0.3) is 10.4 Å². The molecule has 4 rings (SSSR count). The van der Waals surface area contributed by atoms with Crippen LogP contribution in [0.3, 0.4) is 0 Å². The average molecular weight is 355 g/mol. The zero-order chi connectivity index (χ0) is 17.2. The van der Waals surface area contributed by atoms with E-state index in [4.69, 9.17) is 9.47 Å². The summed E-state index contributed by atoms with van der Waals surface area (Å²) < 4.78 is 24.4. The number of rotatable bonds is 4. The number of fused-ring (bicyclic) bond motifs is 1. The third-order valence-electron chi connectivity index (χ3n) is 3.86. The monoisotopic (exact) mass is 355 g/mol. The van der Waals surface area contributed by atoms with E-state index in [1.165, 1.54) is 17.4 Å². The fourth-order valence-electron chi connectivity index (χ4n) is 2.59. The highest BCUT2D eigenvalue weighted by atomic mass is 32.1. The van der Waals surface area contributed by atoms with Crippen LogP contribution in [-0.2, 0) is 6.54 Å². The normalized spacial score (nSPS) is 12.2. The van der Waals surface area contributed by atoms with E-state index in [9.17, 15) is 9.18 Å². The number of thiophene rings is 1. The lowest BCUT2D eigenvalue weighted by Gasteiger charge is -2.05. The maximum Gasteiger partial charge on any atom is 0.261 e. The second-order valence-electron chi connectivity index (χ2n) is 5.51. The maximum absolute atomic E-state index is 13.8. The molecule has 6 heteroatoms. The van der Waals surface area contributed by atoms with E-state index in [0.29, 0.717) is 28.5 Å². The molecule has 1 aromatic heterocycles. The predicted molar refractivity (Wildman–Crippen MR) is 93.4 cm³/mol. The van der Waals surface area contributed by atoms with Gasteiger partial charge in [0.25, 0.3) is 5.91 Å². The first-order valence-corrected chi connectivity index (χ1v) is 8.54. The number of benzene rings is 2. The van der Waals surface area contributed by atoms with E-state index in [2.05, 4.69) is 5.32 Å². The van der Waals surface area contributed by atoms with E-state index in [-0.39, 0.29) is 18.5 Å². The summed E-state index contributed by atoms with van der Waals surface area (Å²) in [5.74, 6) is 0.912. The first kappa shape index (κ1) is 15.7. The molecular formula is C19H14FNO3S. The summed E-state index contributed by atoms with van der Waals surface area (Å²) in [4.78, 5) is 13.6. The van der Waals surface area contributed by atoms with Crippen molar-refractivity contribution in [3.63, 3.8) is 0 Å². The molecule has 2 aromatic carbocycles. The molecule has 0 unspecified atom stereocenters. The molecule has 1 aliphatic rings. The Balaban J connectivity index is 1.44. The molecule has 1 aliphatic heterocycles. The van der Waals surface area contributed by atoms with E-state index >= 15 is 0 Å². The van der Waals surface area contributed by atoms with Crippen LogP contribution in [0.4, 0.5) is 4.39 Å². The molecule has 1 N–H and O–H groups in total. The molecule has 0 fully saturated rings. The van der Waals surface area contributed by atoms with Gasteiger partial charge in [-0.3, -0.25) is 4.79 Å². The third-order valence-corrected chi connectivity index (χ3v) is 4.98. The Morgan fingerprint density at radius 2 is 1.92 bits per heavy atom. The van der Waals surface area contributed by atoms with Crippen molar-refractivity contribution < 1.29 is 18.7 Å². The number of nitrogens with one attached hydrogen (secondary N) is 1. The Bertz CT molecular complexity index is 938. The van der Waals surface area contributed by atoms with Crippen LogP contribution in [0.2, 0.25) is 0 Å². The number of hydrogen-bond donors (Lipinski definition) is 1. The number of carbonyl (C=O) groups is 1. The number of ether oxygens (including phenoxy) is 2. The zero-order valence-corrected chi connectivity index (χ0v) is 13.9. The molecule has 0 saturated heterocycles. The topological polar surface area (TPSA) is 47.6 Å². The van der Waals surface area contributed by atoms with Crippen LogP contribution in [0.15, 0.2) is 54.6 Å². The lowest BCUT2D eigenvalue weighted by Crippen LogP contribution is -2.21. The third kappa shape index (κ3) is 3.21. The summed E-state index contributed by atoms with van der Waals surface area (Å²) in [5, 5.41) is 2.87. The molecule has 3 aromatic rings. The molecule has 0 spiro atoms. The smallest absolute Gasteiger partial charge is 0.261 e. The van der Waals surface area contributed by atoms with Gasteiger partial charge in [0.05, 0.1) is 4.88 Å². The van der Waals surface area contributed by atoms with Gasteiger partial charge in [0, 0.05) is 17.0 Å². The SMILES string of the molecule is O=C(NCc1ccc2c(c1)OCO2)c1ccc(-c2ccccc2F)s1. The Morgan fingerprint density at radius 3 is 2.80 bits per heavy atom. The number of amides is 1. The van der Waals surface area contributed by atoms with Gasteiger partial charge in [0.2, 0.25) is 6.79 Å². The van der Waals surface area contributed by atoms with Crippen LogP contribution in [-0.4, -0.2) is 12.7 Å². The highest BCUT2D eigenvalue weighted by Crippen LogP contribution is 2.33. The largest absolute Gasteiger partial charge is 0.454 e. The zero-order valence-electron chi connectivity index (χ0n) is 13.1. The van der Waals surface area contributed by atoms with Gasteiger partial charge in [0.1, 0.15) is 5.82 Å². The van der Waals surface area contributed by atoms with Crippen LogP contribution in [0.1, 0.15) is 15.2 Å². The van der Waals surface area contributed by atoms with Gasteiger partial charge in [-0.25, -0.2) is 4.39 Å². The van der Waals surface area contributed by atoms with Gasteiger partial charge in [-0.1, -0.05) is 24.3 Å². The maximum atomic E-state index is 13.8. The Morgan fingerprint density at radius 1 is 1.08 bits per heavy atom. The van der Waals surface area contributed by atoms with Crippen molar-refractivity contribution in [2.75, 3.05) is 6.79 Å². The van der Waals surface area contributed by atoms with E-state index in [1.54, 1.807) is 30.3 Å². The molecule has 1 amide bonds. The van der Waals surface area contributed by atoms with Crippen molar-refractivity contribution in [1.29, 1.82) is 0 Å². The molecule has 126 valence electrons. The summed E-state index contributed by atoms with van der Waals surface area (Å²) in [6.07, 6.45) is 0. The van der Waals surface area contributed by atoms with Crippen LogP contribution in [0.5, 0.6) is 11.5 Å². The summed E-state index contributed by atoms with van der Waals surface area (Å²) in [6, 6.07) is 15.6. The summed E-state index contributed by atoms with van der Waals surface area (Å²) >= 11 is 1.27. The fraction of sp³-hybridized carbons (Fsp3) is 0.105. The number of carbonyl (C=O) groups excluding carboxylic acids is 1. The van der Waals surface area contributed by atoms with E-state index in [1.807, 2.05) is 18.2 Å². The summed E-state index contributed by atoms with van der Waals surface area (Å²) in [6.45, 7) is 0.599. The quantitative estimate of drug-likeness (QED) is 0.762. The van der Waals surface area contributed by atoms with E-state index in [0.717, 1.165) is 10.4 Å². The molecule has 25 heavy (non-hydrogen) atoms. The molecule has 0 saturated carbocycles. The minimum Gasteiger partial charge on any atom is -0.454 e. The molecule has 2 heterocycles. The van der Waals surface area contributed by atoms with Crippen molar-refractivity contribution in [2.45, 2.75) is 6.54 Å². The Kier molecular flexibility index (Phi) is 4.11. The molecule has 0 aliphatic carbocycles. The van der Waals surface area contributed by atoms with Gasteiger partial charge in [-0.2, -0.15) is 0 Å². The number of halogens is 1. The standard InChI is InChI=1S/C19H14FNO3S/c20-14-4-2-1-3-13(14)17-7-8-18(25-17)19(22)21-10-12-5-6-15-16(9-12)24-11-23-15/h1-9H,10-11H2,(H,21,22). The first-order chi connectivity index (χ1) is 12.2. The molecule has 4 nitrogen and oxygen atoms in total. The van der Waals surface area contributed by atoms with Gasteiger partial charge in [0.15, 0.2) is 11.5 Å². The highest BCUT2D eigenvalue weighted by molar-refractivity contribution is 7.17. The average Bonchev–Trinajstić information content (AvgIpc) is 3.29. The van der Waals surface area contributed by atoms with E-state index < -0.39 is 0 Å². The lowest BCUT2D eigenvalue weighted by molar-refractivity contribution is 0.0955. The second-order valence-corrected chi connectivity index (χ2v) is 6.60. The summed E-state index contributed by atoms with van der Waals surface area (Å²) in [7, 11) is 0. The highest BCUT2D eigenvalue weighted by Gasteiger charge is 2.15. The van der Waals surface area contributed by atoms with Crippen molar-refractivity contribution in [3.8, 4) is 21.9 Å². The van der Waals surface area contributed by atoms with Gasteiger partial charge in [-0.15, -0.1) is 11.3 Å². The van der Waals surface area contributed by atoms with Gasteiger partial charge in [-0.05, 0) is 35.9 Å². The minimum atomic E-state index is -0.295. The molecule has 0 atom stereocenters. The minimum absolute atomic E-state index is 0.190. The fourth-order valence-corrected chi connectivity index (χ4v) is 3.54. The van der Waals surface area contributed by atoms with Crippen LogP contribution >= 0.6 is 11.3 Å². The Hall–Kier alpha value is -2.86. The Labute approximate surface area is 147 Å². The molecule has 0 bridgehead atoms. The van der Waals surface area contributed by atoms with Gasteiger partial charge >= 0.3 is 0 Å².